The van der Waals surface area contributed by atoms with Crippen molar-refractivity contribution < 1.29 is 9.59 Å². The first-order chi connectivity index (χ1) is 17.0. The molecule has 0 radical (unpaired) electrons. The van der Waals surface area contributed by atoms with E-state index in [9.17, 15) is 9.59 Å². The number of nitrogens with two attached hydrogens (primary N) is 1. The maximum absolute atomic E-state index is 12.5. The fraction of sp³-hybridized carbons (Fsp3) is 0.522. The first-order valence-electron chi connectivity index (χ1n) is 12.1. The van der Waals surface area contributed by atoms with Crippen LogP contribution in [0.25, 0.3) is 0 Å². The number of piperazine rings is 1. The summed E-state index contributed by atoms with van der Waals surface area (Å²) < 4.78 is 0. The monoisotopic (exact) mass is 480 g/mol. The van der Waals surface area contributed by atoms with Crippen molar-refractivity contribution in [3.63, 3.8) is 0 Å². The molecule has 12 nitrogen and oxygen atoms in total. The number of carbonyl (C=O) groups excluding carboxylic acids is 2. The molecule has 2 aromatic rings. The molecule has 35 heavy (non-hydrogen) atoms. The van der Waals surface area contributed by atoms with Gasteiger partial charge in [0.1, 0.15) is 11.6 Å². The Kier molecular flexibility index (Phi) is 6.53. The molecule has 3 aliphatic rings. The summed E-state index contributed by atoms with van der Waals surface area (Å²) in [5.74, 6) is 1.20. The lowest BCUT2D eigenvalue weighted by molar-refractivity contribution is 0.0996. The number of carbonyl (C=O) groups is 2. The topological polar surface area (TPSA) is 136 Å². The van der Waals surface area contributed by atoms with Crippen LogP contribution in [0.5, 0.6) is 0 Å². The van der Waals surface area contributed by atoms with E-state index in [1.807, 2.05) is 24.1 Å². The number of anilines is 4. The Balaban J connectivity index is 1.33. The maximum atomic E-state index is 12.5. The largest absolute Gasteiger partial charge is 0.364 e. The molecule has 0 saturated carbocycles. The van der Waals surface area contributed by atoms with Crippen molar-refractivity contribution in [1.29, 1.82) is 0 Å². The SMILES string of the molecule is CN1CCN([C@@H]2CCCN(c3cnc(C(N)=O)c(Nc4ccc(N5CCNCC5)nc4)n3)C2)C1=O. The number of likely N-dealkylation sites (N-methyl/N-ethyl adjacent to an activating group) is 1. The van der Waals surface area contributed by atoms with Gasteiger partial charge in [0.25, 0.3) is 5.91 Å². The molecule has 3 saturated heterocycles. The summed E-state index contributed by atoms with van der Waals surface area (Å²) in [5, 5.41) is 6.51. The quantitative estimate of drug-likeness (QED) is 0.539. The van der Waals surface area contributed by atoms with Gasteiger partial charge in [-0.2, -0.15) is 0 Å². The van der Waals surface area contributed by atoms with Gasteiger partial charge in [0.2, 0.25) is 0 Å². The van der Waals surface area contributed by atoms with Gasteiger partial charge < -0.3 is 36.0 Å². The van der Waals surface area contributed by atoms with Gasteiger partial charge in [-0.25, -0.2) is 19.7 Å². The van der Waals surface area contributed by atoms with Crippen LogP contribution in [0.4, 0.5) is 27.9 Å². The van der Waals surface area contributed by atoms with Gasteiger partial charge in [-0.15, -0.1) is 0 Å². The van der Waals surface area contributed by atoms with Crippen LogP contribution >= 0.6 is 0 Å². The average molecular weight is 481 g/mol. The van der Waals surface area contributed by atoms with Crippen molar-refractivity contribution >= 4 is 35.1 Å². The minimum atomic E-state index is -0.654. The van der Waals surface area contributed by atoms with E-state index in [0.29, 0.717) is 23.9 Å². The molecule has 5 heterocycles. The van der Waals surface area contributed by atoms with Crippen LogP contribution in [0.3, 0.4) is 0 Å². The van der Waals surface area contributed by atoms with E-state index in [1.165, 1.54) is 0 Å². The Morgan fingerprint density at radius 2 is 1.89 bits per heavy atom. The third-order valence-corrected chi connectivity index (χ3v) is 6.85. The first kappa shape index (κ1) is 23.1. The molecule has 0 aromatic carbocycles. The van der Waals surface area contributed by atoms with E-state index in [4.69, 9.17) is 10.7 Å². The Morgan fingerprint density at radius 1 is 1.06 bits per heavy atom. The number of aromatic nitrogens is 3. The molecule has 2 aromatic heterocycles. The number of amides is 3. The van der Waals surface area contributed by atoms with Crippen LogP contribution in [-0.4, -0.2) is 102 Å². The number of nitrogens with zero attached hydrogens (tertiary/aromatic N) is 7. The highest BCUT2D eigenvalue weighted by Crippen LogP contribution is 2.26. The first-order valence-corrected chi connectivity index (χ1v) is 12.1. The second kappa shape index (κ2) is 9.90. The van der Waals surface area contributed by atoms with Gasteiger partial charge in [0.05, 0.1) is 24.1 Å². The summed E-state index contributed by atoms with van der Waals surface area (Å²) in [5.41, 5.74) is 6.35. The van der Waals surface area contributed by atoms with Crippen molar-refractivity contribution in [3.8, 4) is 0 Å². The van der Waals surface area contributed by atoms with Gasteiger partial charge in [0.15, 0.2) is 11.5 Å². The molecule has 4 N–H and O–H groups in total. The smallest absolute Gasteiger partial charge is 0.320 e. The summed E-state index contributed by atoms with van der Waals surface area (Å²) in [4.78, 5) is 46.2. The molecular formula is C23H32N10O2. The molecule has 0 bridgehead atoms. The Morgan fingerprint density at radius 3 is 2.57 bits per heavy atom. The summed E-state index contributed by atoms with van der Waals surface area (Å²) in [6.45, 7) is 6.66. The number of rotatable bonds is 6. The highest BCUT2D eigenvalue weighted by molar-refractivity contribution is 5.96. The third-order valence-electron chi connectivity index (χ3n) is 6.85. The van der Waals surface area contributed by atoms with Crippen molar-refractivity contribution in [2.24, 2.45) is 5.73 Å². The molecule has 0 aliphatic carbocycles. The van der Waals surface area contributed by atoms with Gasteiger partial charge in [-0.1, -0.05) is 0 Å². The van der Waals surface area contributed by atoms with E-state index in [2.05, 4.69) is 30.4 Å². The van der Waals surface area contributed by atoms with E-state index < -0.39 is 5.91 Å². The van der Waals surface area contributed by atoms with Gasteiger partial charge >= 0.3 is 6.03 Å². The fourth-order valence-electron chi connectivity index (χ4n) is 4.90. The highest BCUT2D eigenvalue weighted by Gasteiger charge is 2.34. The molecule has 12 heteroatoms. The third kappa shape index (κ3) is 4.92. The summed E-state index contributed by atoms with van der Waals surface area (Å²) in [7, 11) is 1.83. The molecule has 3 aliphatic heterocycles. The number of urea groups is 1. The van der Waals surface area contributed by atoms with Crippen LogP contribution < -0.4 is 26.2 Å². The molecular weight excluding hydrogens is 448 g/mol. The lowest BCUT2D eigenvalue weighted by atomic mass is 10.0. The van der Waals surface area contributed by atoms with E-state index in [-0.39, 0.29) is 17.8 Å². The summed E-state index contributed by atoms with van der Waals surface area (Å²) >= 11 is 0. The van der Waals surface area contributed by atoms with Gasteiger partial charge in [-0.3, -0.25) is 4.79 Å². The van der Waals surface area contributed by atoms with Crippen LogP contribution in [-0.2, 0) is 0 Å². The van der Waals surface area contributed by atoms with Crippen molar-refractivity contribution in [1.82, 2.24) is 30.1 Å². The molecule has 0 spiro atoms. The number of hydrogen-bond donors (Lipinski definition) is 3. The zero-order valence-corrected chi connectivity index (χ0v) is 20.0. The zero-order valence-electron chi connectivity index (χ0n) is 20.0. The van der Waals surface area contributed by atoms with Crippen LogP contribution in [0, 0.1) is 0 Å². The lowest BCUT2D eigenvalue weighted by Gasteiger charge is -2.37. The van der Waals surface area contributed by atoms with Crippen molar-refractivity contribution in [2.75, 3.05) is 74.5 Å². The summed E-state index contributed by atoms with van der Waals surface area (Å²) in [6.07, 6.45) is 5.21. The lowest BCUT2D eigenvalue weighted by Crippen LogP contribution is -2.49. The van der Waals surface area contributed by atoms with Crippen LogP contribution in [0.1, 0.15) is 23.3 Å². The standard InChI is InChI=1S/C23H32N10O2/c1-30-11-12-33(23(30)35)17-3-2-8-32(15-17)19-14-27-20(21(24)34)22(29-19)28-16-4-5-18(26-13-16)31-9-6-25-7-10-31/h4-5,13-14,17,25H,2-3,6-12,15H2,1H3,(H2,24,34)(H,28,29)/t17-/m1/s1. The molecule has 186 valence electrons. The van der Waals surface area contributed by atoms with Crippen LogP contribution in [0.2, 0.25) is 0 Å². The normalized spacial score (nSPS) is 20.9. The number of nitrogens with one attached hydrogen (secondary N) is 2. The fourth-order valence-corrected chi connectivity index (χ4v) is 4.90. The molecule has 1 atom stereocenters. The highest BCUT2D eigenvalue weighted by atomic mass is 16.2. The van der Waals surface area contributed by atoms with Crippen LogP contribution in [0.15, 0.2) is 24.5 Å². The Labute approximate surface area is 204 Å². The Bertz CT molecular complexity index is 1070. The predicted molar refractivity (Wildman–Crippen MR) is 133 cm³/mol. The molecule has 5 rings (SSSR count). The van der Waals surface area contributed by atoms with Crippen molar-refractivity contribution in [2.45, 2.75) is 18.9 Å². The summed E-state index contributed by atoms with van der Waals surface area (Å²) in [6, 6.07) is 4.06. The number of pyridine rings is 1. The van der Waals surface area contributed by atoms with E-state index >= 15 is 0 Å². The van der Waals surface area contributed by atoms with Gasteiger partial charge in [-0.05, 0) is 25.0 Å². The minimum absolute atomic E-state index is 0.0739. The molecule has 3 amide bonds. The Hall–Kier alpha value is -3.67. The molecule has 0 unspecified atom stereocenters. The predicted octanol–water partition coefficient (Wildman–Crippen LogP) is 0.460. The average Bonchev–Trinajstić information content (AvgIpc) is 3.23. The van der Waals surface area contributed by atoms with Crippen molar-refractivity contribution in [3.05, 3.63) is 30.2 Å². The minimum Gasteiger partial charge on any atom is -0.364 e. The number of piperidine rings is 1. The van der Waals surface area contributed by atoms with E-state index in [0.717, 1.165) is 64.5 Å². The second-order valence-corrected chi connectivity index (χ2v) is 9.20. The van der Waals surface area contributed by atoms with E-state index in [1.54, 1.807) is 17.3 Å². The van der Waals surface area contributed by atoms with Gasteiger partial charge in [0, 0.05) is 59.4 Å². The second-order valence-electron chi connectivity index (χ2n) is 9.20. The maximum Gasteiger partial charge on any atom is 0.320 e. The number of primary amides is 1. The number of hydrogen-bond acceptors (Lipinski definition) is 9. The molecule has 3 fully saturated rings. The zero-order chi connectivity index (χ0) is 24.4.